The first-order valence-electron chi connectivity index (χ1n) is 5.23. The molecule has 2 amide bonds. The fourth-order valence-corrected chi connectivity index (χ4v) is 2.41. The van der Waals surface area contributed by atoms with Crippen molar-refractivity contribution in [3.05, 3.63) is 0 Å². The Hall–Kier alpha value is -0.550. The Balaban J connectivity index is 3.02. The minimum Gasteiger partial charge on any atom is -0.435 e. The van der Waals surface area contributed by atoms with Crippen LogP contribution in [0.15, 0.2) is 0 Å². The number of amides is 2. The van der Waals surface area contributed by atoms with Gasteiger partial charge in [0.15, 0.2) is 0 Å². The Morgan fingerprint density at radius 1 is 1.60 bits per heavy atom. The molecule has 15 heavy (non-hydrogen) atoms. The molecular weight excluding hydrogens is 214 g/mol. The number of carbonyl (C=O) groups is 2. The van der Waals surface area contributed by atoms with E-state index in [1.54, 1.807) is 6.92 Å². The zero-order chi connectivity index (χ0) is 11.6. The van der Waals surface area contributed by atoms with Gasteiger partial charge in [0.05, 0.1) is 12.5 Å². The summed E-state index contributed by atoms with van der Waals surface area (Å²) in [6, 6.07) is -0.114. The van der Waals surface area contributed by atoms with Gasteiger partial charge in [-0.25, -0.2) is 4.79 Å². The molecule has 1 aliphatic rings. The van der Waals surface area contributed by atoms with Crippen molar-refractivity contribution in [2.24, 2.45) is 5.92 Å². The molecule has 3 atom stereocenters. The van der Waals surface area contributed by atoms with E-state index in [-0.39, 0.29) is 17.9 Å². The Bertz CT molecular complexity index is 282. The molecule has 0 unspecified atom stereocenters. The Labute approximate surface area is 95.3 Å². The highest BCUT2D eigenvalue weighted by Gasteiger charge is 2.53. The van der Waals surface area contributed by atoms with Crippen LogP contribution in [0.1, 0.15) is 26.7 Å². The molecule has 5 heteroatoms. The van der Waals surface area contributed by atoms with E-state index in [1.807, 2.05) is 6.92 Å². The molecule has 0 aromatic rings. The van der Waals surface area contributed by atoms with Crippen molar-refractivity contribution in [3.63, 3.8) is 0 Å². The molecule has 0 spiro atoms. The van der Waals surface area contributed by atoms with Gasteiger partial charge in [0.2, 0.25) is 0 Å². The number of imide groups is 1. The van der Waals surface area contributed by atoms with Crippen molar-refractivity contribution in [2.45, 2.75) is 32.7 Å². The van der Waals surface area contributed by atoms with E-state index >= 15 is 0 Å². The molecule has 1 aliphatic heterocycles. The average molecular weight is 232 g/mol. The largest absolute Gasteiger partial charge is 0.521 e. The summed E-state index contributed by atoms with van der Waals surface area (Å²) in [7, 11) is 0. The topological polar surface area (TPSA) is 54.4 Å². The Morgan fingerprint density at radius 2 is 2.20 bits per heavy atom. The summed E-state index contributed by atoms with van der Waals surface area (Å²) >= 11 is 4.06. The van der Waals surface area contributed by atoms with Crippen molar-refractivity contribution >= 4 is 24.6 Å². The maximum absolute atomic E-state index is 12.1. The molecule has 0 bridgehead atoms. The van der Waals surface area contributed by atoms with Gasteiger partial charge in [-0.2, -0.15) is 21.9 Å². The van der Waals surface area contributed by atoms with E-state index in [4.69, 9.17) is 0 Å². The number of thiol groups is 1. The number of rotatable bonds is 2. The minimum absolute atomic E-state index is 0.114. The van der Waals surface area contributed by atoms with E-state index in [9.17, 15) is 14.7 Å². The van der Waals surface area contributed by atoms with Crippen LogP contribution >= 0.6 is 12.6 Å². The van der Waals surface area contributed by atoms with Crippen molar-refractivity contribution in [3.8, 4) is 0 Å². The van der Waals surface area contributed by atoms with Crippen molar-refractivity contribution in [1.82, 2.24) is 0 Å². The van der Waals surface area contributed by atoms with Crippen LogP contribution in [0.25, 0.3) is 0 Å². The molecular formula is C10H18NO3S+. The molecule has 1 fully saturated rings. The number of carbonyl (C=O) groups excluding carboxylic acids is 1. The standard InChI is InChI=1S/C10H17NO3S/c1-7(6-15)9(12)11(10(13)14)5-3-4-8(11)2/h7-8H,3-6H2,1-2H3,(H-,13,14,15)/p+1/t7-,8-,11+/m1/s1. The lowest BCUT2D eigenvalue weighted by molar-refractivity contribution is -0.793. The molecule has 0 aromatic carbocycles. The predicted octanol–water partition coefficient (Wildman–Crippen LogP) is 1.76. The lowest BCUT2D eigenvalue weighted by Crippen LogP contribution is -2.60. The molecule has 4 nitrogen and oxygen atoms in total. The fraction of sp³-hybridized carbons (Fsp3) is 0.800. The maximum Gasteiger partial charge on any atom is 0.521 e. The number of quaternary nitrogens is 1. The summed E-state index contributed by atoms with van der Waals surface area (Å²) in [6.07, 6.45) is 0.592. The first-order chi connectivity index (χ1) is 6.96. The van der Waals surface area contributed by atoms with Crippen LogP contribution in [0.2, 0.25) is 0 Å². The van der Waals surface area contributed by atoms with Gasteiger partial charge in [-0.15, -0.1) is 0 Å². The van der Waals surface area contributed by atoms with E-state index < -0.39 is 10.6 Å². The highest BCUT2D eigenvalue weighted by Crippen LogP contribution is 2.30. The van der Waals surface area contributed by atoms with Crippen molar-refractivity contribution in [1.29, 1.82) is 0 Å². The van der Waals surface area contributed by atoms with Gasteiger partial charge in [0.1, 0.15) is 6.04 Å². The highest BCUT2D eigenvalue weighted by atomic mass is 32.1. The molecule has 0 aliphatic carbocycles. The van der Waals surface area contributed by atoms with E-state index in [2.05, 4.69) is 12.6 Å². The molecule has 1 saturated heterocycles. The second-order valence-corrected chi connectivity index (χ2v) is 4.65. The lowest BCUT2D eigenvalue weighted by Gasteiger charge is -2.31. The smallest absolute Gasteiger partial charge is 0.435 e. The van der Waals surface area contributed by atoms with Gasteiger partial charge in [-0.3, -0.25) is 0 Å². The maximum atomic E-state index is 12.1. The number of hydrogen-bond acceptors (Lipinski definition) is 3. The van der Waals surface area contributed by atoms with Crippen LogP contribution < -0.4 is 0 Å². The predicted molar refractivity (Wildman–Crippen MR) is 59.9 cm³/mol. The summed E-state index contributed by atoms with van der Waals surface area (Å²) in [5.41, 5.74) is 0. The first kappa shape index (κ1) is 12.5. The van der Waals surface area contributed by atoms with Crippen molar-refractivity contribution in [2.75, 3.05) is 12.3 Å². The van der Waals surface area contributed by atoms with Crippen LogP contribution in [0.3, 0.4) is 0 Å². The highest BCUT2D eigenvalue weighted by molar-refractivity contribution is 7.80. The molecule has 0 aromatic heterocycles. The fourth-order valence-electron chi connectivity index (χ4n) is 2.25. The molecule has 1 rings (SSSR count). The molecule has 1 heterocycles. The van der Waals surface area contributed by atoms with Crippen LogP contribution in [0, 0.1) is 5.92 Å². The van der Waals surface area contributed by atoms with E-state index in [1.165, 1.54) is 0 Å². The molecule has 86 valence electrons. The summed E-state index contributed by atoms with van der Waals surface area (Å²) in [4.78, 5) is 23.4. The SMILES string of the molecule is C[C@H](CS)C(=O)[N@+]1(C(=O)O)CCC[C@H]1C. The van der Waals surface area contributed by atoms with Gasteiger partial charge in [0, 0.05) is 18.6 Å². The number of likely N-dealkylation sites (tertiary alicyclic amines) is 1. The number of hydrogen-bond donors (Lipinski definition) is 2. The third-order valence-corrected chi connectivity index (χ3v) is 3.86. The van der Waals surface area contributed by atoms with Crippen LogP contribution in [-0.2, 0) is 4.79 Å². The van der Waals surface area contributed by atoms with E-state index in [0.717, 1.165) is 12.8 Å². The Kier molecular flexibility index (Phi) is 3.78. The van der Waals surface area contributed by atoms with Crippen LogP contribution in [-0.4, -0.2) is 39.9 Å². The van der Waals surface area contributed by atoms with E-state index in [0.29, 0.717) is 12.3 Å². The van der Waals surface area contributed by atoms with Crippen LogP contribution in [0.5, 0.6) is 0 Å². The molecule has 1 N–H and O–H groups in total. The third kappa shape index (κ3) is 1.90. The zero-order valence-electron chi connectivity index (χ0n) is 9.14. The van der Waals surface area contributed by atoms with Gasteiger partial charge in [-0.05, 0) is 13.8 Å². The zero-order valence-corrected chi connectivity index (χ0v) is 10.0. The number of nitrogens with zero attached hydrogens (tertiary/aromatic N) is 1. The summed E-state index contributed by atoms with van der Waals surface area (Å²) in [5.74, 6) is -0.105. The Morgan fingerprint density at radius 3 is 2.53 bits per heavy atom. The molecule has 0 radical (unpaired) electrons. The third-order valence-electron chi connectivity index (χ3n) is 3.32. The minimum atomic E-state index is -1.02. The second-order valence-electron chi connectivity index (χ2n) is 4.29. The van der Waals surface area contributed by atoms with Crippen LogP contribution in [0.4, 0.5) is 4.79 Å². The monoisotopic (exact) mass is 232 g/mol. The molecule has 0 saturated carbocycles. The second kappa shape index (κ2) is 4.53. The van der Waals surface area contributed by atoms with Gasteiger partial charge in [-0.1, -0.05) is 0 Å². The quantitative estimate of drug-likeness (QED) is 0.563. The first-order valence-corrected chi connectivity index (χ1v) is 5.86. The normalized spacial score (nSPS) is 32.6. The average Bonchev–Trinajstić information content (AvgIpc) is 2.58. The lowest BCUT2D eigenvalue weighted by atomic mass is 10.1. The summed E-state index contributed by atoms with van der Waals surface area (Å²) in [6.45, 7) is 4.00. The van der Waals surface area contributed by atoms with Gasteiger partial charge >= 0.3 is 12.0 Å². The summed E-state index contributed by atoms with van der Waals surface area (Å²) in [5, 5.41) is 9.28. The number of carboxylic acid groups (broad SMARTS) is 1. The van der Waals surface area contributed by atoms with Gasteiger partial charge < -0.3 is 5.11 Å². The summed E-state index contributed by atoms with van der Waals surface area (Å²) < 4.78 is -0.401. The van der Waals surface area contributed by atoms with Gasteiger partial charge in [0.25, 0.3) is 0 Å². The van der Waals surface area contributed by atoms with Crippen molar-refractivity contribution < 1.29 is 19.2 Å².